The molecule has 8 aliphatic rings. The molecule has 0 radical (unpaired) electrons. The topological polar surface area (TPSA) is 23.5 Å². The highest BCUT2D eigenvalue weighted by atomic mass is 79.9. The number of hydrogen-bond donors (Lipinski definition) is 1. The third-order valence-corrected chi connectivity index (χ3v) is 14.1. The van der Waals surface area contributed by atoms with Crippen molar-refractivity contribution in [3.05, 3.63) is 106 Å². The first-order valence-corrected chi connectivity index (χ1v) is 19.7. The molecule has 0 heterocycles. The van der Waals surface area contributed by atoms with Crippen molar-refractivity contribution in [1.82, 2.24) is 4.90 Å². The first-order chi connectivity index (χ1) is 22.6. The Morgan fingerprint density at radius 3 is 2.41 bits per heavy atom. The quantitative estimate of drug-likeness (QED) is 0.282. The van der Waals surface area contributed by atoms with E-state index in [0.29, 0.717) is 35.8 Å². The SMILES string of the molecule is OC1(C2=C(Br)C=CCC2)C2CC(N(C3=CC[C@H](C4=CCCCC4)CC3)[C@@H]3CC=C([C@H]4C=CC=CC4)CC3)C=C[C@H]2C2C=CCC[C@H]21. The van der Waals surface area contributed by atoms with Crippen LogP contribution in [0.4, 0.5) is 0 Å². The van der Waals surface area contributed by atoms with Gasteiger partial charge >= 0.3 is 0 Å². The minimum Gasteiger partial charge on any atom is -0.385 e. The average Bonchev–Trinajstić information content (AvgIpc) is 3.38. The predicted octanol–water partition coefficient (Wildman–Crippen LogP) is 11.0. The van der Waals surface area contributed by atoms with Gasteiger partial charge in [0.2, 0.25) is 0 Å². The van der Waals surface area contributed by atoms with Crippen LogP contribution in [-0.4, -0.2) is 27.7 Å². The van der Waals surface area contributed by atoms with Crippen LogP contribution in [0, 0.1) is 35.5 Å². The number of halogens is 1. The third-order valence-electron chi connectivity index (χ3n) is 13.3. The number of allylic oxidation sites excluding steroid dienone is 15. The summed E-state index contributed by atoms with van der Waals surface area (Å²) in [6, 6.07) is 0.888. The first-order valence-electron chi connectivity index (χ1n) is 18.9. The second-order valence-electron chi connectivity index (χ2n) is 15.6. The summed E-state index contributed by atoms with van der Waals surface area (Å²) in [7, 11) is 0. The van der Waals surface area contributed by atoms with Gasteiger partial charge in [-0.1, -0.05) is 106 Å². The monoisotopic (exact) mass is 679 g/mol. The maximum absolute atomic E-state index is 13.1. The van der Waals surface area contributed by atoms with E-state index in [1.165, 1.54) is 63.4 Å². The van der Waals surface area contributed by atoms with Crippen molar-refractivity contribution in [2.75, 3.05) is 0 Å². The van der Waals surface area contributed by atoms with Crippen molar-refractivity contribution < 1.29 is 5.11 Å². The second-order valence-corrected chi connectivity index (χ2v) is 16.5. The van der Waals surface area contributed by atoms with Crippen LogP contribution in [0.5, 0.6) is 0 Å². The number of hydrogen-bond acceptors (Lipinski definition) is 2. The number of aliphatic hydroxyl groups is 1. The van der Waals surface area contributed by atoms with Gasteiger partial charge in [-0.2, -0.15) is 0 Å². The van der Waals surface area contributed by atoms with E-state index < -0.39 is 5.60 Å². The first kappa shape index (κ1) is 31.2. The zero-order chi connectivity index (χ0) is 31.1. The summed E-state index contributed by atoms with van der Waals surface area (Å²) in [5.74, 6) is 2.79. The Morgan fingerprint density at radius 1 is 0.717 bits per heavy atom. The zero-order valence-corrected chi connectivity index (χ0v) is 29.3. The van der Waals surface area contributed by atoms with Crippen molar-refractivity contribution in [3.8, 4) is 0 Å². The fourth-order valence-electron chi connectivity index (χ4n) is 11.1. The summed E-state index contributed by atoms with van der Waals surface area (Å²) in [5.41, 5.74) is 5.55. The smallest absolute Gasteiger partial charge is 0.0939 e. The highest BCUT2D eigenvalue weighted by Gasteiger charge is 2.61. The second kappa shape index (κ2) is 13.4. The van der Waals surface area contributed by atoms with Crippen molar-refractivity contribution in [2.24, 2.45) is 35.5 Å². The molecule has 46 heavy (non-hydrogen) atoms. The Labute approximate surface area is 286 Å². The Kier molecular flexibility index (Phi) is 9.10. The fourth-order valence-corrected chi connectivity index (χ4v) is 11.8. The number of nitrogens with zero attached hydrogens (tertiary/aromatic N) is 1. The summed E-state index contributed by atoms with van der Waals surface area (Å²) in [6.45, 7) is 0. The van der Waals surface area contributed by atoms with E-state index in [2.05, 4.69) is 99.8 Å². The molecule has 0 bridgehead atoms. The molecule has 1 saturated carbocycles. The number of fused-ring (bicyclic) bond motifs is 3. The van der Waals surface area contributed by atoms with Crippen molar-refractivity contribution in [1.29, 1.82) is 0 Å². The van der Waals surface area contributed by atoms with Crippen LogP contribution in [0.1, 0.15) is 103 Å². The molecule has 9 atom stereocenters. The zero-order valence-electron chi connectivity index (χ0n) is 27.7. The molecule has 0 amide bonds. The van der Waals surface area contributed by atoms with Gasteiger partial charge in [-0.05, 0) is 132 Å². The van der Waals surface area contributed by atoms with Crippen LogP contribution in [0.25, 0.3) is 0 Å². The van der Waals surface area contributed by atoms with Crippen LogP contribution in [0.3, 0.4) is 0 Å². The van der Waals surface area contributed by atoms with Crippen molar-refractivity contribution >= 4 is 15.9 Å². The minimum absolute atomic E-state index is 0.259. The van der Waals surface area contributed by atoms with E-state index in [1.807, 2.05) is 0 Å². The number of rotatable bonds is 6. The molecule has 1 N–H and O–H groups in total. The molecule has 0 aliphatic heterocycles. The molecule has 8 aliphatic carbocycles. The largest absolute Gasteiger partial charge is 0.385 e. The van der Waals surface area contributed by atoms with Crippen molar-refractivity contribution in [2.45, 2.75) is 120 Å². The average molecular weight is 681 g/mol. The van der Waals surface area contributed by atoms with Gasteiger partial charge < -0.3 is 10.0 Å². The fraction of sp³-hybridized carbons (Fsp3) is 0.581. The molecule has 8 rings (SSSR count). The molecule has 0 aromatic carbocycles. The van der Waals surface area contributed by atoms with Crippen LogP contribution in [0.2, 0.25) is 0 Å². The van der Waals surface area contributed by atoms with Gasteiger partial charge in [0.1, 0.15) is 0 Å². The van der Waals surface area contributed by atoms with Gasteiger partial charge in [0.25, 0.3) is 0 Å². The summed E-state index contributed by atoms with van der Waals surface area (Å²) in [6.07, 6.45) is 50.7. The van der Waals surface area contributed by atoms with Crippen LogP contribution >= 0.6 is 15.9 Å². The van der Waals surface area contributed by atoms with Crippen molar-refractivity contribution in [3.63, 3.8) is 0 Å². The molecule has 2 nitrogen and oxygen atoms in total. The third kappa shape index (κ3) is 5.70. The molecule has 0 spiro atoms. The Bertz CT molecular complexity index is 1450. The molecule has 244 valence electrons. The lowest BCUT2D eigenvalue weighted by Crippen LogP contribution is -2.50. The van der Waals surface area contributed by atoms with Crippen LogP contribution in [-0.2, 0) is 0 Å². The van der Waals surface area contributed by atoms with Gasteiger partial charge in [-0.3, -0.25) is 0 Å². The van der Waals surface area contributed by atoms with E-state index in [4.69, 9.17) is 0 Å². The van der Waals surface area contributed by atoms with Gasteiger partial charge in [0, 0.05) is 34.1 Å². The highest BCUT2D eigenvalue weighted by Crippen LogP contribution is 2.61. The molecule has 0 aromatic rings. The molecule has 0 saturated heterocycles. The molecular formula is C43H54BrNO. The lowest BCUT2D eigenvalue weighted by molar-refractivity contribution is -0.0256. The Balaban J connectivity index is 1.11. The van der Waals surface area contributed by atoms with Gasteiger partial charge in [-0.25, -0.2) is 0 Å². The van der Waals surface area contributed by atoms with Crippen LogP contribution in [0.15, 0.2) is 106 Å². The van der Waals surface area contributed by atoms with E-state index in [-0.39, 0.29) is 5.92 Å². The standard InChI is InChI=1S/C43H54BrNO/c44-42-18-10-9-17-40(42)43(46)39-16-8-7-15-37(39)38-28-27-36(29-41(38)43)45(34-23-19-32(20-24-34)30-11-3-1-4-12-30)35-25-21-33(22-26-35)31-13-5-2-6-14-31/h1,3-4,7,10-11,13,15,18-19,25,27-28,30,33-34,36-39,41,46H,2,5-6,8-9,12,14,16-17,20-24,26,29H2/t30-,33-,34+,36?,37?,38-,39+,41?,43?/m0/s1. The maximum Gasteiger partial charge on any atom is 0.0939 e. The van der Waals surface area contributed by atoms with Gasteiger partial charge in [0.05, 0.1) is 5.60 Å². The highest BCUT2D eigenvalue weighted by molar-refractivity contribution is 9.11. The lowest BCUT2D eigenvalue weighted by Gasteiger charge is -2.48. The molecule has 0 aromatic heterocycles. The maximum atomic E-state index is 13.1. The van der Waals surface area contributed by atoms with E-state index in [1.54, 1.807) is 16.8 Å². The minimum atomic E-state index is -0.738. The lowest BCUT2D eigenvalue weighted by atomic mass is 9.69. The normalized spacial score (nSPS) is 40.3. The van der Waals surface area contributed by atoms with Gasteiger partial charge in [-0.15, -0.1) is 0 Å². The molecule has 1 fully saturated rings. The molecule has 3 heteroatoms. The predicted molar refractivity (Wildman–Crippen MR) is 195 cm³/mol. The van der Waals surface area contributed by atoms with E-state index in [0.717, 1.165) is 55.3 Å². The summed E-state index contributed by atoms with van der Waals surface area (Å²) in [4.78, 5) is 2.91. The van der Waals surface area contributed by atoms with Gasteiger partial charge in [0.15, 0.2) is 0 Å². The summed E-state index contributed by atoms with van der Waals surface area (Å²) < 4.78 is 1.15. The molecular weight excluding hydrogens is 626 g/mol. The Morgan fingerprint density at radius 2 is 1.65 bits per heavy atom. The summed E-state index contributed by atoms with van der Waals surface area (Å²) in [5, 5.41) is 13.1. The molecule has 4 unspecified atom stereocenters. The summed E-state index contributed by atoms with van der Waals surface area (Å²) >= 11 is 3.94. The Hall–Kier alpha value is -2.10. The van der Waals surface area contributed by atoms with E-state index in [9.17, 15) is 5.11 Å². The van der Waals surface area contributed by atoms with E-state index >= 15 is 0 Å². The van der Waals surface area contributed by atoms with Crippen LogP contribution < -0.4 is 0 Å².